The smallest absolute Gasteiger partial charge is 0.321 e. The Hall–Kier alpha value is 0.423. The molecule has 0 aliphatic heterocycles. The van der Waals surface area contributed by atoms with E-state index in [2.05, 4.69) is 30.9 Å². The Morgan fingerprint density at radius 3 is 0.913 bits per heavy atom. The number of hydrogen-bond donors (Lipinski definition) is 2. The fourth-order valence-corrected chi connectivity index (χ4v) is 0.371. The normalized spacial score (nSPS) is 6.70. The van der Waals surface area contributed by atoms with Gasteiger partial charge in [0, 0.05) is 106 Å². The zero-order valence-electron chi connectivity index (χ0n) is 14.5. The average Bonchev–Trinajstić information content (AvgIpc) is 2.35. The third-order valence-corrected chi connectivity index (χ3v) is 1.03. The van der Waals surface area contributed by atoms with Crippen molar-refractivity contribution < 1.29 is 57.8 Å². The van der Waals surface area contributed by atoms with Crippen LogP contribution in [0.1, 0.15) is 27.7 Å². The molecule has 0 aromatic carbocycles. The number of rotatable bonds is 3. The van der Waals surface area contributed by atoms with Crippen LogP contribution in [0.3, 0.4) is 0 Å². The molecule has 23 heavy (non-hydrogen) atoms. The number of esters is 2. The topological polar surface area (TPSA) is 157 Å². The molecule has 10 nitrogen and oxygen atoms in total. The number of nitrogens with two attached hydrogens (primary N) is 2. The van der Waals surface area contributed by atoms with Gasteiger partial charge < -0.3 is 19.1 Å². The van der Waals surface area contributed by atoms with Gasteiger partial charge in [-0.25, -0.2) is 0 Å². The second-order valence-electron chi connectivity index (χ2n) is 2.90. The molecule has 2 radical (unpaired) electrons. The van der Waals surface area contributed by atoms with Gasteiger partial charge in [0.25, 0.3) is 0 Å². The van der Waals surface area contributed by atoms with E-state index in [0.29, 0.717) is 0 Å². The molecule has 0 rings (SSSR count). The van der Waals surface area contributed by atoms with Gasteiger partial charge in [-0.05, 0) is 0 Å². The molecule has 0 saturated carbocycles. The van der Waals surface area contributed by atoms with Crippen molar-refractivity contribution in [2.75, 3.05) is 13.2 Å². The first-order valence-corrected chi connectivity index (χ1v) is 5.18. The molecular weight excluding hydrogens is 387 g/mol. The zero-order valence-corrected chi connectivity index (χ0v) is 21.5. The summed E-state index contributed by atoms with van der Waals surface area (Å²) >= 11 is 0. The third-order valence-electron chi connectivity index (χ3n) is 1.03. The maximum absolute atomic E-state index is 10.1. The van der Waals surface area contributed by atoms with E-state index >= 15 is 0 Å². The molecular formula is C10H20N2Na2O8Zn. The summed E-state index contributed by atoms with van der Waals surface area (Å²) in [6.07, 6.45) is 0. The Kier molecular flexibility index (Phi) is 51.1. The van der Waals surface area contributed by atoms with Gasteiger partial charge in [0.15, 0.2) is 0 Å². The quantitative estimate of drug-likeness (QED) is 0.236. The van der Waals surface area contributed by atoms with E-state index in [-0.39, 0.29) is 104 Å². The monoisotopic (exact) mass is 406 g/mol. The van der Waals surface area contributed by atoms with Gasteiger partial charge in [-0.2, -0.15) is 11.8 Å². The van der Waals surface area contributed by atoms with Gasteiger partial charge in [0.05, 0.1) is 0 Å². The molecule has 0 saturated heterocycles. The SMILES string of the molecule is CC(=O)OCCOC(C)=O.CC(=O)ON.CC(=O)ON.[Na].[Na].[Zn]. The van der Waals surface area contributed by atoms with Crippen LogP contribution < -0.4 is 11.8 Å². The van der Waals surface area contributed by atoms with Crippen molar-refractivity contribution in [3.05, 3.63) is 0 Å². The second-order valence-corrected chi connectivity index (χ2v) is 2.90. The van der Waals surface area contributed by atoms with Crippen molar-refractivity contribution in [2.24, 2.45) is 11.8 Å². The van der Waals surface area contributed by atoms with E-state index in [1.54, 1.807) is 0 Å². The summed E-state index contributed by atoms with van der Waals surface area (Å²) in [4.78, 5) is 46.4. The van der Waals surface area contributed by atoms with Crippen LogP contribution in [-0.4, -0.2) is 96.2 Å². The predicted molar refractivity (Wildman–Crippen MR) is 76.7 cm³/mol. The van der Waals surface area contributed by atoms with Gasteiger partial charge in [0.2, 0.25) is 0 Å². The van der Waals surface area contributed by atoms with Crippen molar-refractivity contribution in [1.29, 1.82) is 0 Å². The third kappa shape index (κ3) is 71.7. The molecule has 0 aliphatic rings. The fraction of sp³-hybridized carbons (Fsp3) is 0.600. The summed E-state index contributed by atoms with van der Waals surface area (Å²) < 4.78 is 8.95. The van der Waals surface area contributed by atoms with Crippen LogP contribution in [0.4, 0.5) is 0 Å². The first kappa shape index (κ1) is 38.8. The molecule has 0 aromatic heterocycles. The minimum Gasteiger partial charge on any atom is -0.462 e. The molecule has 4 N–H and O–H groups in total. The van der Waals surface area contributed by atoms with Gasteiger partial charge in [-0.15, -0.1) is 0 Å². The summed E-state index contributed by atoms with van der Waals surface area (Å²) in [6.45, 7) is 5.34. The summed E-state index contributed by atoms with van der Waals surface area (Å²) in [5, 5.41) is 0. The van der Waals surface area contributed by atoms with Crippen LogP contribution in [0.5, 0.6) is 0 Å². The molecule has 0 fully saturated rings. The predicted octanol–water partition coefficient (Wildman–Crippen LogP) is -1.81. The van der Waals surface area contributed by atoms with Crippen molar-refractivity contribution in [3.8, 4) is 0 Å². The van der Waals surface area contributed by atoms with Gasteiger partial charge in [-0.3, -0.25) is 19.2 Å². The Bertz CT molecular complexity index is 291. The molecule has 0 aromatic rings. The Morgan fingerprint density at radius 1 is 0.652 bits per heavy atom. The molecule has 0 unspecified atom stereocenters. The molecule has 0 aliphatic carbocycles. The van der Waals surface area contributed by atoms with Crippen molar-refractivity contribution in [2.45, 2.75) is 27.7 Å². The number of hydrogen-bond acceptors (Lipinski definition) is 10. The number of carbonyl (C=O) groups excluding carboxylic acids is 4. The standard InChI is InChI=1S/C6H10O4.2C2H5NO2.2Na.Zn/c1-5(7)9-3-4-10-6(2)8;2*1-2(4)5-3;;;/h3-4H2,1-2H3;2*3H2,1H3;;;. The summed E-state index contributed by atoms with van der Waals surface area (Å²) in [7, 11) is 0. The average molecular weight is 408 g/mol. The molecule has 0 bridgehead atoms. The minimum absolute atomic E-state index is 0. The Balaban J connectivity index is -0.0000000483. The number of carbonyl (C=O) groups is 4. The summed E-state index contributed by atoms with van der Waals surface area (Å²) in [5.41, 5.74) is 0. The second kappa shape index (κ2) is 30.3. The molecule has 0 amide bonds. The van der Waals surface area contributed by atoms with Gasteiger partial charge in [0.1, 0.15) is 13.2 Å². The number of ether oxygens (including phenoxy) is 2. The van der Waals surface area contributed by atoms with Crippen LogP contribution in [-0.2, 0) is 57.8 Å². The van der Waals surface area contributed by atoms with E-state index in [1.165, 1.54) is 27.7 Å². The largest absolute Gasteiger partial charge is 0.462 e. The van der Waals surface area contributed by atoms with Gasteiger partial charge in [-0.1, -0.05) is 0 Å². The molecule has 0 atom stereocenters. The Morgan fingerprint density at radius 2 is 0.826 bits per heavy atom. The minimum atomic E-state index is -0.468. The maximum Gasteiger partial charge on any atom is 0.321 e. The zero-order chi connectivity index (χ0) is 16.6. The van der Waals surface area contributed by atoms with Crippen molar-refractivity contribution in [3.63, 3.8) is 0 Å². The van der Waals surface area contributed by atoms with Crippen LogP contribution >= 0.6 is 0 Å². The van der Waals surface area contributed by atoms with Crippen LogP contribution in [0, 0.1) is 0 Å². The molecule has 122 valence electrons. The maximum atomic E-state index is 10.1. The van der Waals surface area contributed by atoms with Crippen LogP contribution in [0.2, 0.25) is 0 Å². The fourth-order valence-electron chi connectivity index (χ4n) is 0.371. The first-order valence-electron chi connectivity index (χ1n) is 5.18. The van der Waals surface area contributed by atoms with E-state index in [4.69, 9.17) is 0 Å². The summed E-state index contributed by atoms with van der Waals surface area (Å²) in [5.74, 6) is 6.97. The van der Waals surface area contributed by atoms with E-state index < -0.39 is 11.9 Å². The summed E-state index contributed by atoms with van der Waals surface area (Å²) in [6, 6.07) is 0. The Labute approximate surface area is 191 Å². The molecule has 13 heteroatoms. The van der Waals surface area contributed by atoms with Crippen molar-refractivity contribution >= 4 is 83.0 Å². The van der Waals surface area contributed by atoms with E-state index in [9.17, 15) is 19.2 Å². The van der Waals surface area contributed by atoms with Gasteiger partial charge >= 0.3 is 23.9 Å². The van der Waals surface area contributed by atoms with Crippen LogP contribution in [0.25, 0.3) is 0 Å². The van der Waals surface area contributed by atoms with E-state index in [1.807, 2.05) is 0 Å². The van der Waals surface area contributed by atoms with E-state index in [0.717, 1.165) is 0 Å². The van der Waals surface area contributed by atoms with Crippen LogP contribution in [0.15, 0.2) is 0 Å². The van der Waals surface area contributed by atoms with Crippen molar-refractivity contribution in [1.82, 2.24) is 0 Å². The molecule has 0 heterocycles. The first-order chi connectivity index (χ1) is 9.17. The molecule has 0 spiro atoms.